The predicted molar refractivity (Wildman–Crippen MR) is 72.7 cm³/mol. The summed E-state index contributed by atoms with van der Waals surface area (Å²) in [5, 5.41) is 12.5. The van der Waals surface area contributed by atoms with Crippen LogP contribution in [0.15, 0.2) is 15.9 Å². The Morgan fingerprint density at radius 1 is 1.50 bits per heavy atom. The van der Waals surface area contributed by atoms with Crippen molar-refractivity contribution >= 4 is 27.3 Å². The summed E-state index contributed by atoms with van der Waals surface area (Å²) in [4.78, 5) is 1.12. The van der Waals surface area contributed by atoms with E-state index in [4.69, 9.17) is 0 Å². The summed E-state index contributed by atoms with van der Waals surface area (Å²) in [7, 11) is 0. The van der Waals surface area contributed by atoms with Gasteiger partial charge in [0.05, 0.1) is 6.10 Å². The standard InChI is InChI=1S/C13H19BrOS/c1-2-9-5-3-4-6-11(9)13(15)12-7-10(14)8-16-12/h7-9,11,13,15H,2-6H2,1H3. The number of thiophene rings is 1. The second-order valence-electron chi connectivity index (χ2n) is 4.73. The SMILES string of the molecule is CCC1CCCCC1C(O)c1cc(Br)cs1. The average Bonchev–Trinajstić information content (AvgIpc) is 2.75. The molecule has 0 spiro atoms. The molecule has 3 atom stereocenters. The van der Waals surface area contributed by atoms with Gasteiger partial charge in [0.1, 0.15) is 0 Å². The number of aliphatic hydroxyl groups is 1. The van der Waals surface area contributed by atoms with Crippen molar-refractivity contribution in [3.05, 3.63) is 20.8 Å². The summed E-state index contributed by atoms with van der Waals surface area (Å²) in [5.74, 6) is 1.19. The summed E-state index contributed by atoms with van der Waals surface area (Å²) in [5.41, 5.74) is 0. The van der Waals surface area contributed by atoms with E-state index in [1.807, 2.05) is 0 Å². The Morgan fingerprint density at radius 2 is 2.25 bits per heavy atom. The first-order valence-electron chi connectivity index (χ1n) is 6.14. The van der Waals surface area contributed by atoms with Crippen LogP contribution in [0.3, 0.4) is 0 Å². The lowest BCUT2D eigenvalue weighted by Crippen LogP contribution is -2.24. The Morgan fingerprint density at radius 3 is 2.88 bits per heavy atom. The summed E-state index contributed by atoms with van der Waals surface area (Å²) < 4.78 is 1.09. The van der Waals surface area contributed by atoms with Gasteiger partial charge in [0, 0.05) is 14.7 Å². The van der Waals surface area contributed by atoms with E-state index in [1.165, 1.54) is 32.1 Å². The van der Waals surface area contributed by atoms with Gasteiger partial charge in [0.15, 0.2) is 0 Å². The lowest BCUT2D eigenvalue weighted by atomic mass is 9.74. The molecule has 1 saturated carbocycles. The third kappa shape index (κ3) is 2.69. The van der Waals surface area contributed by atoms with Gasteiger partial charge in [-0.25, -0.2) is 0 Å². The highest BCUT2D eigenvalue weighted by Gasteiger charge is 2.31. The second kappa shape index (κ2) is 5.65. The molecule has 1 aliphatic carbocycles. The molecule has 16 heavy (non-hydrogen) atoms. The lowest BCUT2D eigenvalue weighted by Gasteiger charge is -2.33. The van der Waals surface area contributed by atoms with Crippen LogP contribution < -0.4 is 0 Å². The molecular weight excluding hydrogens is 284 g/mol. The molecule has 1 aliphatic rings. The van der Waals surface area contributed by atoms with Crippen LogP contribution in [0.2, 0.25) is 0 Å². The van der Waals surface area contributed by atoms with Gasteiger partial charge in [-0.1, -0.05) is 32.6 Å². The predicted octanol–water partition coefficient (Wildman–Crippen LogP) is 4.76. The van der Waals surface area contributed by atoms with Crippen LogP contribution in [0.5, 0.6) is 0 Å². The third-order valence-electron chi connectivity index (χ3n) is 3.78. The van der Waals surface area contributed by atoms with Gasteiger partial charge in [0.25, 0.3) is 0 Å². The zero-order valence-corrected chi connectivity index (χ0v) is 12.1. The summed E-state index contributed by atoms with van der Waals surface area (Å²) in [6.45, 7) is 2.25. The minimum absolute atomic E-state index is 0.249. The molecule has 1 aromatic rings. The van der Waals surface area contributed by atoms with E-state index >= 15 is 0 Å². The number of halogens is 1. The number of aliphatic hydroxyl groups excluding tert-OH is 1. The smallest absolute Gasteiger partial charge is 0.0913 e. The molecule has 1 aromatic heterocycles. The van der Waals surface area contributed by atoms with Gasteiger partial charge in [-0.2, -0.15) is 0 Å². The normalized spacial score (nSPS) is 27.9. The molecule has 0 bridgehead atoms. The Kier molecular flexibility index (Phi) is 4.45. The zero-order valence-electron chi connectivity index (χ0n) is 9.66. The van der Waals surface area contributed by atoms with Gasteiger partial charge in [-0.3, -0.25) is 0 Å². The molecule has 90 valence electrons. The van der Waals surface area contributed by atoms with Crippen molar-refractivity contribution < 1.29 is 5.11 Å². The average molecular weight is 303 g/mol. The number of rotatable bonds is 3. The highest BCUT2D eigenvalue weighted by Crippen LogP contribution is 2.42. The first-order chi connectivity index (χ1) is 7.72. The molecule has 0 amide bonds. The molecule has 1 N–H and O–H groups in total. The van der Waals surface area contributed by atoms with Crippen LogP contribution in [0, 0.1) is 11.8 Å². The fourth-order valence-corrected chi connectivity index (χ4v) is 4.36. The van der Waals surface area contributed by atoms with E-state index in [0.717, 1.165) is 9.35 Å². The van der Waals surface area contributed by atoms with Gasteiger partial charge in [-0.05, 0) is 40.3 Å². The zero-order chi connectivity index (χ0) is 11.5. The first kappa shape index (κ1) is 12.6. The van der Waals surface area contributed by atoms with Crippen molar-refractivity contribution in [1.82, 2.24) is 0 Å². The fourth-order valence-electron chi connectivity index (χ4n) is 2.85. The molecule has 0 aromatic carbocycles. The van der Waals surface area contributed by atoms with E-state index in [-0.39, 0.29) is 6.10 Å². The lowest BCUT2D eigenvalue weighted by molar-refractivity contribution is 0.0477. The van der Waals surface area contributed by atoms with Gasteiger partial charge < -0.3 is 5.11 Å². The summed E-state index contributed by atoms with van der Waals surface area (Å²) in [6, 6.07) is 2.07. The van der Waals surface area contributed by atoms with Crippen LogP contribution in [0.25, 0.3) is 0 Å². The quantitative estimate of drug-likeness (QED) is 0.853. The van der Waals surface area contributed by atoms with Crippen molar-refractivity contribution in [3.63, 3.8) is 0 Å². The maximum absolute atomic E-state index is 10.4. The van der Waals surface area contributed by atoms with E-state index in [9.17, 15) is 5.11 Å². The summed E-state index contributed by atoms with van der Waals surface area (Å²) >= 11 is 5.12. The Balaban J connectivity index is 2.10. The molecular formula is C13H19BrOS. The van der Waals surface area contributed by atoms with Gasteiger partial charge >= 0.3 is 0 Å². The Labute approximate surface area is 110 Å². The van der Waals surface area contributed by atoms with Crippen molar-refractivity contribution in [2.24, 2.45) is 11.8 Å². The van der Waals surface area contributed by atoms with Crippen LogP contribution in [-0.2, 0) is 0 Å². The monoisotopic (exact) mass is 302 g/mol. The van der Waals surface area contributed by atoms with E-state index in [0.29, 0.717) is 11.8 Å². The molecule has 3 unspecified atom stereocenters. The van der Waals surface area contributed by atoms with E-state index in [1.54, 1.807) is 11.3 Å². The van der Waals surface area contributed by atoms with Crippen LogP contribution in [0.1, 0.15) is 50.0 Å². The third-order valence-corrected chi connectivity index (χ3v) is 5.54. The van der Waals surface area contributed by atoms with Gasteiger partial charge in [0.2, 0.25) is 0 Å². The molecule has 1 fully saturated rings. The van der Waals surface area contributed by atoms with Crippen LogP contribution >= 0.6 is 27.3 Å². The van der Waals surface area contributed by atoms with Crippen molar-refractivity contribution in [2.75, 3.05) is 0 Å². The maximum atomic E-state index is 10.4. The molecule has 0 aliphatic heterocycles. The highest BCUT2D eigenvalue weighted by molar-refractivity contribution is 9.10. The fraction of sp³-hybridized carbons (Fsp3) is 0.692. The van der Waals surface area contributed by atoms with Gasteiger partial charge in [-0.15, -0.1) is 11.3 Å². The van der Waals surface area contributed by atoms with Crippen LogP contribution in [-0.4, -0.2) is 5.11 Å². The molecule has 0 radical (unpaired) electrons. The van der Waals surface area contributed by atoms with Crippen molar-refractivity contribution in [1.29, 1.82) is 0 Å². The van der Waals surface area contributed by atoms with E-state index < -0.39 is 0 Å². The second-order valence-corrected chi connectivity index (χ2v) is 6.59. The maximum Gasteiger partial charge on any atom is 0.0913 e. The Hall–Kier alpha value is 0.140. The topological polar surface area (TPSA) is 20.2 Å². The molecule has 1 nitrogen and oxygen atoms in total. The molecule has 2 rings (SSSR count). The van der Waals surface area contributed by atoms with E-state index in [2.05, 4.69) is 34.3 Å². The number of hydrogen-bond donors (Lipinski definition) is 1. The molecule has 0 saturated heterocycles. The Bertz CT molecular complexity index is 336. The minimum atomic E-state index is -0.249. The van der Waals surface area contributed by atoms with Crippen molar-refractivity contribution in [2.45, 2.75) is 45.1 Å². The highest BCUT2D eigenvalue weighted by atomic mass is 79.9. The first-order valence-corrected chi connectivity index (χ1v) is 7.81. The van der Waals surface area contributed by atoms with Crippen molar-refractivity contribution in [3.8, 4) is 0 Å². The summed E-state index contributed by atoms with van der Waals surface area (Å²) in [6.07, 6.45) is 6.07. The molecule has 1 heterocycles. The number of hydrogen-bond acceptors (Lipinski definition) is 2. The minimum Gasteiger partial charge on any atom is -0.387 e. The van der Waals surface area contributed by atoms with Crippen LogP contribution in [0.4, 0.5) is 0 Å². The molecule has 3 heteroatoms. The largest absolute Gasteiger partial charge is 0.387 e.